The minimum absolute atomic E-state index is 0.0671. The number of benzene rings is 2. The Hall–Kier alpha value is -1.67. The number of hydrogen-bond donors (Lipinski definition) is 2. The van der Waals surface area contributed by atoms with E-state index in [1.807, 2.05) is 12.1 Å². The minimum Gasteiger partial charge on any atom is -0.493 e. The average molecular weight is 530 g/mol. The average Bonchev–Trinajstić information content (AvgIpc) is 3.61. The number of carbonyl (C=O) groups is 1. The Morgan fingerprint density at radius 2 is 1.82 bits per heavy atom. The third-order valence-corrected chi connectivity index (χ3v) is 7.21. The van der Waals surface area contributed by atoms with Gasteiger partial charge in [-0.05, 0) is 60.6 Å². The second-order valence-corrected chi connectivity index (χ2v) is 11.4. The van der Waals surface area contributed by atoms with Crippen molar-refractivity contribution >= 4 is 40.1 Å². The predicted molar refractivity (Wildman–Crippen MR) is 137 cm³/mol. The van der Waals surface area contributed by atoms with Crippen molar-refractivity contribution in [3.63, 3.8) is 0 Å². The number of rotatable bonds is 8. The minimum atomic E-state index is -1.49. The smallest absolute Gasteiger partial charge is 0.265 e. The summed E-state index contributed by atoms with van der Waals surface area (Å²) >= 11 is 11.5. The molecule has 2 aromatic carbocycles. The van der Waals surface area contributed by atoms with Crippen LogP contribution in [0.5, 0.6) is 5.75 Å². The SMILES string of the molecule is CCS(=O)NC(=O)c1cc(C2CC2)c(OCC2(C)CNC2)cc1F.CCc1cc(Cl)cc(Cl)c1. The van der Waals surface area contributed by atoms with Crippen molar-refractivity contribution in [3.05, 3.63) is 62.9 Å². The van der Waals surface area contributed by atoms with Crippen molar-refractivity contribution in [3.8, 4) is 5.75 Å². The molecule has 0 radical (unpaired) electrons. The standard InChI is InChI=1S/C17H23FN2O3S.C8H8Cl2/c1-3-24(22)20-16(21)13-6-12(11-4-5-11)15(7-14(13)18)23-10-17(2)8-19-9-17;1-2-6-3-7(9)5-8(10)4-6/h6-7,11,19H,3-5,8-10H2,1-2H3,(H,20,21);3-5H,2H2,1H3. The zero-order chi connectivity index (χ0) is 24.9. The largest absolute Gasteiger partial charge is 0.493 e. The van der Waals surface area contributed by atoms with Crippen LogP contribution >= 0.6 is 23.2 Å². The van der Waals surface area contributed by atoms with Crippen molar-refractivity contribution < 1.29 is 18.1 Å². The Morgan fingerprint density at radius 1 is 1.18 bits per heavy atom. The molecule has 1 atom stereocenters. The quantitative estimate of drug-likeness (QED) is 0.463. The molecule has 1 unspecified atom stereocenters. The third kappa shape index (κ3) is 7.41. The maximum atomic E-state index is 14.4. The molecule has 9 heteroatoms. The number of halogens is 3. The molecule has 34 heavy (non-hydrogen) atoms. The molecule has 1 aliphatic carbocycles. The predicted octanol–water partition coefficient (Wildman–Crippen LogP) is 5.66. The van der Waals surface area contributed by atoms with E-state index in [1.54, 1.807) is 19.1 Å². The highest BCUT2D eigenvalue weighted by molar-refractivity contribution is 7.83. The van der Waals surface area contributed by atoms with E-state index in [0.29, 0.717) is 28.3 Å². The van der Waals surface area contributed by atoms with Crippen molar-refractivity contribution in [2.24, 2.45) is 5.41 Å². The molecule has 1 heterocycles. The van der Waals surface area contributed by atoms with E-state index in [1.165, 1.54) is 11.6 Å². The summed E-state index contributed by atoms with van der Waals surface area (Å²) in [5.74, 6) is -0.156. The van der Waals surface area contributed by atoms with Crippen LogP contribution in [-0.2, 0) is 17.4 Å². The van der Waals surface area contributed by atoms with Gasteiger partial charge in [-0.25, -0.2) is 8.60 Å². The Morgan fingerprint density at radius 3 is 2.32 bits per heavy atom. The van der Waals surface area contributed by atoms with Crippen molar-refractivity contribution in [1.82, 2.24) is 10.0 Å². The number of carbonyl (C=O) groups excluding carboxylic acids is 1. The summed E-state index contributed by atoms with van der Waals surface area (Å²) in [6.45, 7) is 8.18. The van der Waals surface area contributed by atoms with Crippen LogP contribution < -0.4 is 14.8 Å². The van der Waals surface area contributed by atoms with Gasteiger partial charge in [-0.1, -0.05) is 44.0 Å². The van der Waals surface area contributed by atoms with E-state index >= 15 is 0 Å². The normalized spacial score (nSPS) is 17.1. The molecule has 5 nitrogen and oxygen atoms in total. The molecule has 2 fully saturated rings. The molecule has 4 rings (SSSR count). The zero-order valence-electron chi connectivity index (χ0n) is 19.7. The molecule has 186 valence electrons. The molecule has 2 aliphatic rings. The van der Waals surface area contributed by atoms with Gasteiger partial charge in [0.1, 0.15) is 22.6 Å². The number of hydrogen-bond acceptors (Lipinski definition) is 4. The first-order valence-electron chi connectivity index (χ1n) is 11.5. The van der Waals surface area contributed by atoms with Gasteiger partial charge < -0.3 is 10.1 Å². The monoisotopic (exact) mass is 528 g/mol. The molecule has 1 amide bonds. The van der Waals surface area contributed by atoms with Crippen LogP contribution in [0.4, 0.5) is 4.39 Å². The van der Waals surface area contributed by atoms with Crippen LogP contribution in [0.15, 0.2) is 30.3 Å². The maximum Gasteiger partial charge on any atom is 0.265 e. The van der Waals surface area contributed by atoms with Gasteiger partial charge in [0, 0.05) is 40.4 Å². The van der Waals surface area contributed by atoms with Crippen LogP contribution in [-0.4, -0.2) is 35.6 Å². The van der Waals surface area contributed by atoms with Crippen LogP contribution in [0.2, 0.25) is 10.0 Å². The zero-order valence-corrected chi connectivity index (χ0v) is 22.0. The Labute approximate surface area is 213 Å². The van der Waals surface area contributed by atoms with Crippen LogP contribution in [0.3, 0.4) is 0 Å². The van der Waals surface area contributed by atoms with E-state index < -0.39 is 22.7 Å². The van der Waals surface area contributed by atoms with E-state index in [0.717, 1.165) is 37.9 Å². The fraction of sp³-hybridized carbons (Fsp3) is 0.480. The van der Waals surface area contributed by atoms with Crippen molar-refractivity contribution in [1.29, 1.82) is 0 Å². The third-order valence-electron chi connectivity index (χ3n) is 5.84. The number of aryl methyl sites for hydroxylation is 1. The molecule has 1 saturated heterocycles. The molecular formula is C25H31Cl2FN2O3S. The number of nitrogens with one attached hydrogen (secondary N) is 2. The highest BCUT2D eigenvalue weighted by Gasteiger charge is 2.34. The first-order chi connectivity index (χ1) is 16.1. The van der Waals surface area contributed by atoms with E-state index in [9.17, 15) is 13.4 Å². The van der Waals surface area contributed by atoms with Gasteiger partial charge in [0.25, 0.3) is 5.91 Å². The Kier molecular flexibility index (Phi) is 9.38. The first-order valence-corrected chi connectivity index (χ1v) is 13.5. The topological polar surface area (TPSA) is 67.4 Å². The van der Waals surface area contributed by atoms with Gasteiger partial charge in [0.2, 0.25) is 0 Å². The van der Waals surface area contributed by atoms with Gasteiger partial charge in [-0.3, -0.25) is 9.52 Å². The molecule has 0 spiro atoms. The summed E-state index contributed by atoms with van der Waals surface area (Å²) in [7, 11) is -1.49. The Bertz CT molecular complexity index is 1040. The second kappa shape index (κ2) is 11.8. The lowest BCUT2D eigenvalue weighted by atomic mass is 9.85. The molecule has 2 N–H and O–H groups in total. The van der Waals surface area contributed by atoms with Crippen LogP contribution in [0.25, 0.3) is 0 Å². The van der Waals surface area contributed by atoms with Crippen LogP contribution in [0.1, 0.15) is 61.0 Å². The fourth-order valence-corrected chi connectivity index (χ4v) is 4.57. The lowest BCUT2D eigenvalue weighted by Crippen LogP contribution is -2.54. The molecule has 1 aliphatic heterocycles. The lowest BCUT2D eigenvalue weighted by Gasteiger charge is -2.39. The summed E-state index contributed by atoms with van der Waals surface area (Å²) in [5.41, 5.74) is 2.06. The van der Waals surface area contributed by atoms with Gasteiger partial charge in [-0.2, -0.15) is 0 Å². The molecule has 1 saturated carbocycles. The summed E-state index contributed by atoms with van der Waals surface area (Å²) in [5, 5.41) is 4.64. The van der Waals surface area contributed by atoms with Crippen molar-refractivity contribution in [2.75, 3.05) is 25.4 Å². The van der Waals surface area contributed by atoms with Crippen molar-refractivity contribution in [2.45, 2.75) is 46.0 Å². The Balaban J connectivity index is 0.000000271. The maximum absolute atomic E-state index is 14.4. The molecule has 0 aromatic heterocycles. The van der Waals surface area contributed by atoms with Gasteiger partial charge in [0.15, 0.2) is 0 Å². The number of amides is 1. The first kappa shape index (κ1) is 26.9. The fourth-order valence-electron chi connectivity index (χ4n) is 3.54. The van der Waals surface area contributed by atoms with E-state index in [4.69, 9.17) is 27.9 Å². The second-order valence-electron chi connectivity index (χ2n) is 9.04. The number of ether oxygens (including phenoxy) is 1. The van der Waals surface area contributed by atoms with Gasteiger partial charge in [-0.15, -0.1) is 0 Å². The van der Waals surface area contributed by atoms with E-state index in [-0.39, 0.29) is 16.7 Å². The van der Waals surface area contributed by atoms with Gasteiger partial charge in [0.05, 0.1) is 12.2 Å². The summed E-state index contributed by atoms with van der Waals surface area (Å²) in [6, 6.07) is 8.45. The highest BCUT2D eigenvalue weighted by Crippen LogP contribution is 2.45. The molecule has 2 aromatic rings. The summed E-state index contributed by atoms with van der Waals surface area (Å²) < 4.78 is 34.1. The summed E-state index contributed by atoms with van der Waals surface area (Å²) in [4.78, 5) is 12.1. The highest BCUT2D eigenvalue weighted by atomic mass is 35.5. The van der Waals surface area contributed by atoms with Gasteiger partial charge >= 0.3 is 0 Å². The van der Waals surface area contributed by atoms with E-state index in [2.05, 4.69) is 23.9 Å². The molecular weight excluding hydrogens is 498 g/mol. The van der Waals surface area contributed by atoms with Crippen LogP contribution in [0, 0.1) is 11.2 Å². The lowest BCUT2D eigenvalue weighted by molar-refractivity contribution is 0.0974. The molecule has 0 bridgehead atoms. The summed E-state index contributed by atoms with van der Waals surface area (Å²) in [6.07, 6.45) is 3.01.